The summed E-state index contributed by atoms with van der Waals surface area (Å²) in [4.78, 5) is 14.0. The number of aryl methyl sites for hydroxylation is 1. The van der Waals surface area contributed by atoms with Crippen molar-refractivity contribution in [1.82, 2.24) is 4.90 Å². The van der Waals surface area contributed by atoms with Gasteiger partial charge in [-0.1, -0.05) is 36.2 Å². The van der Waals surface area contributed by atoms with Crippen molar-refractivity contribution >= 4 is 5.97 Å². The average molecular weight is 290 g/mol. The Morgan fingerprint density at radius 1 is 1.38 bits per heavy atom. The quantitative estimate of drug-likeness (QED) is 0.845. The molecular weight excluding hydrogens is 264 g/mol. The van der Waals surface area contributed by atoms with Gasteiger partial charge in [-0.25, -0.2) is 0 Å². The molecule has 4 heteroatoms. The van der Waals surface area contributed by atoms with Crippen LogP contribution in [0.2, 0.25) is 0 Å². The van der Waals surface area contributed by atoms with E-state index in [9.17, 15) is 4.79 Å². The van der Waals surface area contributed by atoms with Gasteiger partial charge in [0.1, 0.15) is 6.04 Å². The van der Waals surface area contributed by atoms with Gasteiger partial charge in [0.2, 0.25) is 0 Å². The van der Waals surface area contributed by atoms with Crippen molar-refractivity contribution in [1.29, 1.82) is 0 Å². The van der Waals surface area contributed by atoms with Gasteiger partial charge in [-0.3, -0.25) is 9.69 Å². The van der Waals surface area contributed by atoms with E-state index in [1.807, 2.05) is 0 Å². The van der Waals surface area contributed by atoms with Gasteiger partial charge in [0.25, 0.3) is 0 Å². The fourth-order valence-electron chi connectivity index (χ4n) is 3.00. The SMILES string of the molecule is COC(=O)C(N)CC1CCCCN1Cc1ccc(C)cc1. The first-order chi connectivity index (χ1) is 10.1. The van der Waals surface area contributed by atoms with Crippen LogP contribution in [0.4, 0.5) is 0 Å². The Labute approximate surface area is 127 Å². The average Bonchev–Trinajstić information content (AvgIpc) is 2.50. The molecule has 0 saturated carbocycles. The normalized spacial score (nSPS) is 21.0. The zero-order valence-corrected chi connectivity index (χ0v) is 13.0. The number of likely N-dealkylation sites (tertiary alicyclic amines) is 1. The summed E-state index contributed by atoms with van der Waals surface area (Å²) in [6, 6.07) is 8.51. The van der Waals surface area contributed by atoms with Gasteiger partial charge < -0.3 is 10.5 Å². The minimum absolute atomic E-state index is 0.309. The molecule has 1 aromatic carbocycles. The van der Waals surface area contributed by atoms with Crippen LogP contribution in [0.3, 0.4) is 0 Å². The lowest BCUT2D eigenvalue weighted by Crippen LogP contribution is -2.44. The molecule has 0 bridgehead atoms. The summed E-state index contributed by atoms with van der Waals surface area (Å²) in [7, 11) is 1.40. The summed E-state index contributed by atoms with van der Waals surface area (Å²) in [5, 5.41) is 0. The summed E-state index contributed by atoms with van der Waals surface area (Å²) in [6.45, 7) is 4.11. The fraction of sp³-hybridized carbons (Fsp3) is 0.588. The van der Waals surface area contributed by atoms with Crippen molar-refractivity contribution in [3.8, 4) is 0 Å². The second-order valence-corrected chi connectivity index (χ2v) is 5.97. The predicted molar refractivity (Wildman–Crippen MR) is 83.8 cm³/mol. The molecule has 1 fully saturated rings. The third kappa shape index (κ3) is 4.55. The Bertz CT molecular complexity index is 458. The van der Waals surface area contributed by atoms with E-state index in [0.29, 0.717) is 12.5 Å². The summed E-state index contributed by atoms with van der Waals surface area (Å²) in [5.74, 6) is -0.309. The Balaban J connectivity index is 1.98. The zero-order chi connectivity index (χ0) is 15.2. The van der Waals surface area contributed by atoms with Gasteiger partial charge in [0.05, 0.1) is 7.11 Å². The van der Waals surface area contributed by atoms with Gasteiger partial charge in [-0.15, -0.1) is 0 Å². The summed E-state index contributed by atoms with van der Waals surface area (Å²) >= 11 is 0. The molecule has 2 unspecified atom stereocenters. The van der Waals surface area contributed by atoms with Gasteiger partial charge in [-0.05, 0) is 38.3 Å². The maximum Gasteiger partial charge on any atom is 0.322 e. The largest absolute Gasteiger partial charge is 0.468 e. The van der Waals surface area contributed by atoms with Crippen LogP contribution in [-0.4, -0.2) is 36.6 Å². The first kappa shape index (κ1) is 16.0. The summed E-state index contributed by atoms with van der Waals surface area (Å²) in [5.41, 5.74) is 8.53. The number of carbonyl (C=O) groups excluding carboxylic acids is 1. The highest BCUT2D eigenvalue weighted by atomic mass is 16.5. The molecule has 1 aliphatic heterocycles. The van der Waals surface area contributed by atoms with E-state index in [2.05, 4.69) is 36.1 Å². The number of nitrogens with two attached hydrogens (primary N) is 1. The number of piperidine rings is 1. The first-order valence-electron chi connectivity index (χ1n) is 7.73. The van der Waals surface area contributed by atoms with E-state index in [1.54, 1.807) is 0 Å². The Morgan fingerprint density at radius 2 is 2.10 bits per heavy atom. The minimum atomic E-state index is -0.515. The molecule has 116 valence electrons. The maximum absolute atomic E-state index is 11.5. The van der Waals surface area contributed by atoms with Crippen LogP contribution in [-0.2, 0) is 16.1 Å². The van der Waals surface area contributed by atoms with Crippen LogP contribution in [0.25, 0.3) is 0 Å². The van der Waals surface area contributed by atoms with E-state index in [1.165, 1.54) is 31.1 Å². The maximum atomic E-state index is 11.5. The minimum Gasteiger partial charge on any atom is -0.468 e. The number of hydrogen-bond acceptors (Lipinski definition) is 4. The summed E-state index contributed by atoms with van der Waals surface area (Å²) in [6.07, 6.45) is 4.22. The molecule has 2 rings (SSSR count). The fourth-order valence-corrected chi connectivity index (χ4v) is 3.00. The van der Waals surface area contributed by atoms with Crippen LogP contribution in [0.5, 0.6) is 0 Å². The molecule has 0 aliphatic carbocycles. The molecule has 0 radical (unpaired) electrons. The molecule has 0 aromatic heterocycles. The number of carbonyl (C=O) groups is 1. The Hall–Kier alpha value is -1.39. The van der Waals surface area contributed by atoms with Crippen molar-refractivity contribution in [3.63, 3.8) is 0 Å². The number of methoxy groups -OCH3 is 1. The van der Waals surface area contributed by atoms with Crippen LogP contribution in [0.1, 0.15) is 36.8 Å². The number of rotatable bonds is 5. The van der Waals surface area contributed by atoms with Gasteiger partial charge in [-0.2, -0.15) is 0 Å². The molecule has 1 heterocycles. The molecule has 0 amide bonds. The Morgan fingerprint density at radius 3 is 2.76 bits per heavy atom. The Kier molecular flexibility index (Phi) is 5.76. The van der Waals surface area contributed by atoms with E-state index in [4.69, 9.17) is 10.5 Å². The monoisotopic (exact) mass is 290 g/mol. The topological polar surface area (TPSA) is 55.6 Å². The molecule has 2 atom stereocenters. The molecule has 1 saturated heterocycles. The standard InChI is InChI=1S/C17H26N2O2/c1-13-6-8-14(9-7-13)12-19-10-4-3-5-15(19)11-16(18)17(20)21-2/h6-9,15-16H,3-5,10-12,18H2,1-2H3. The van der Waals surface area contributed by atoms with Crippen LogP contribution < -0.4 is 5.73 Å². The number of esters is 1. The van der Waals surface area contributed by atoms with Gasteiger partial charge in [0.15, 0.2) is 0 Å². The van der Waals surface area contributed by atoms with Crippen LogP contribution in [0.15, 0.2) is 24.3 Å². The van der Waals surface area contributed by atoms with Crippen molar-refractivity contribution in [2.24, 2.45) is 5.73 Å². The molecule has 21 heavy (non-hydrogen) atoms. The highest BCUT2D eigenvalue weighted by molar-refractivity contribution is 5.75. The second kappa shape index (κ2) is 7.57. The molecule has 1 aliphatic rings. The van der Waals surface area contributed by atoms with Crippen LogP contribution in [0, 0.1) is 6.92 Å². The van der Waals surface area contributed by atoms with Gasteiger partial charge in [0, 0.05) is 12.6 Å². The summed E-state index contributed by atoms with van der Waals surface area (Å²) < 4.78 is 4.74. The van der Waals surface area contributed by atoms with Crippen molar-refractivity contribution in [3.05, 3.63) is 35.4 Å². The van der Waals surface area contributed by atoms with Crippen LogP contribution >= 0.6 is 0 Å². The molecule has 0 spiro atoms. The number of hydrogen-bond donors (Lipinski definition) is 1. The second-order valence-electron chi connectivity index (χ2n) is 5.97. The number of nitrogens with zero attached hydrogens (tertiary/aromatic N) is 1. The van der Waals surface area contributed by atoms with Crippen molar-refractivity contribution in [2.45, 2.75) is 51.2 Å². The smallest absolute Gasteiger partial charge is 0.322 e. The van der Waals surface area contributed by atoms with E-state index >= 15 is 0 Å². The molecule has 1 aromatic rings. The zero-order valence-electron chi connectivity index (χ0n) is 13.0. The van der Waals surface area contributed by atoms with E-state index in [0.717, 1.165) is 19.5 Å². The number of benzene rings is 1. The molecular formula is C17H26N2O2. The van der Waals surface area contributed by atoms with Crippen molar-refractivity contribution < 1.29 is 9.53 Å². The first-order valence-corrected chi connectivity index (χ1v) is 7.73. The molecule has 4 nitrogen and oxygen atoms in total. The van der Waals surface area contributed by atoms with Gasteiger partial charge >= 0.3 is 5.97 Å². The highest BCUT2D eigenvalue weighted by Gasteiger charge is 2.27. The van der Waals surface area contributed by atoms with Crippen molar-refractivity contribution in [2.75, 3.05) is 13.7 Å². The third-order valence-electron chi connectivity index (χ3n) is 4.29. The lowest BCUT2D eigenvalue weighted by atomic mass is 9.95. The van der Waals surface area contributed by atoms with E-state index < -0.39 is 6.04 Å². The lowest BCUT2D eigenvalue weighted by molar-refractivity contribution is -0.142. The highest BCUT2D eigenvalue weighted by Crippen LogP contribution is 2.23. The predicted octanol–water partition coefficient (Wildman–Crippen LogP) is 2.24. The lowest BCUT2D eigenvalue weighted by Gasteiger charge is -2.36. The third-order valence-corrected chi connectivity index (χ3v) is 4.29. The number of ether oxygens (including phenoxy) is 1. The van der Waals surface area contributed by atoms with E-state index in [-0.39, 0.29) is 5.97 Å². The molecule has 2 N–H and O–H groups in total.